The summed E-state index contributed by atoms with van der Waals surface area (Å²) in [6.07, 6.45) is 5.12. The first-order valence-corrected chi connectivity index (χ1v) is 20.3. The van der Waals surface area contributed by atoms with Crippen molar-refractivity contribution < 1.29 is 36.7 Å². The number of ether oxygens (including phenoxy) is 1. The zero-order chi connectivity index (χ0) is 48.2. The summed E-state index contributed by atoms with van der Waals surface area (Å²) in [6, 6.07) is 24.2. The van der Waals surface area contributed by atoms with Gasteiger partial charge in [0.05, 0.1) is 16.6 Å². The number of alkyl halides is 3. The van der Waals surface area contributed by atoms with Gasteiger partial charge in [0.1, 0.15) is 28.6 Å². The molecule has 3 aromatic carbocycles. The maximum Gasteiger partial charge on any atom is 0.573 e. The van der Waals surface area contributed by atoms with Gasteiger partial charge in [-0.2, -0.15) is 0 Å². The Kier molecular flexibility index (Phi) is 13.4. The van der Waals surface area contributed by atoms with E-state index in [0.29, 0.717) is 49.2 Å². The van der Waals surface area contributed by atoms with Gasteiger partial charge in [-0.15, -0.1) is 13.2 Å². The molecule has 0 atom stereocenters. The zero-order valence-corrected chi connectivity index (χ0v) is 36.3. The summed E-state index contributed by atoms with van der Waals surface area (Å²) in [6.45, 7) is 5.29. The minimum atomic E-state index is -4.75. The summed E-state index contributed by atoms with van der Waals surface area (Å²) in [7, 11) is 0. The number of halogens is 5. The molecule has 0 saturated carbocycles. The average Bonchev–Trinajstić information content (AvgIpc) is 3.28. The molecule has 13 nitrogen and oxygen atoms in total. The Balaban J connectivity index is 0.000000150. The van der Waals surface area contributed by atoms with Crippen LogP contribution < -0.4 is 21.9 Å². The third-order valence-electron chi connectivity index (χ3n) is 10.2. The number of fused-ring (bicyclic) bond motifs is 3. The fourth-order valence-electron chi connectivity index (χ4n) is 7.08. The number of pyridine rings is 6. The summed E-state index contributed by atoms with van der Waals surface area (Å²) >= 11 is 5.91. The van der Waals surface area contributed by atoms with E-state index in [1.54, 1.807) is 75.2 Å². The topological polar surface area (TPSA) is 216 Å². The predicted octanol–water partition coefficient (Wildman–Crippen LogP) is 9.80. The highest BCUT2D eigenvalue weighted by Crippen LogP contribution is 2.32. The van der Waals surface area contributed by atoms with Crippen molar-refractivity contribution in [3.8, 4) is 39.1 Å². The second-order valence-electron chi connectivity index (χ2n) is 14.9. The highest BCUT2D eigenvalue weighted by atomic mass is 35.5. The number of hydrogen-bond acceptors (Lipinski definition) is 10. The smallest absolute Gasteiger partial charge is 0.406 e. The highest BCUT2D eigenvalue weighted by molar-refractivity contribution is 6.30. The van der Waals surface area contributed by atoms with Crippen LogP contribution >= 0.6 is 11.6 Å². The predicted molar refractivity (Wildman–Crippen MR) is 246 cm³/mol. The summed E-state index contributed by atoms with van der Waals surface area (Å²) < 4.78 is 53.6. The number of carbonyl (C=O) groups excluding carboxylic acids is 3. The van der Waals surface area contributed by atoms with Gasteiger partial charge < -0.3 is 21.9 Å². The van der Waals surface area contributed by atoms with Crippen molar-refractivity contribution in [1.82, 2.24) is 29.9 Å². The van der Waals surface area contributed by atoms with E-state index in [1.165, 1.54) is 42.6 Å². The number of aromatic nitrogens is 6. The number of amides is 3. The summed E-state index contributed by atoms with van der Waals surface area (Å²) in [5.41, 5.74) is 25.0. The molecule has 67 heavy (non-hydrogen) atoms. The third-order valence-corrected chi connectivity index (χ3v) is 10.4. The molecule has 0 spiro atoms. The Labute approximate surface area is 383 Å². The summed E-state index contributed by atoms with van der Waals surface area (Å²) in [5.74, 6) is -2.40. The van der Waals surface area contributed by atoms with E-state index >= 15 is 0 Å². The van der Waals surface area contributed by atoms with Crippen LogP contribution in [0.1, 0.15) is 48.2 Å². The standard InChI is InChI=1S/C17H12F3N3O2.C16H12ClN3O.C16H12FN3O/c1-9-6-11-7-22-8-13(15(11)23-14(9)16(21)24)10-2-4-12(5-3-10)25-17(18,19)20;2*1-9-6-11-7-19-8-13(10-2-4-12(17)5-3-10)15(11)20-14(9)16(18)21/h2-8H,1H3,(H2,21,24);2*2-8H,1H3,(H2,18,21). The van der Waals surface area contributed by atoms with E-state index < -0.39 is 24.1 Å². The Morgan fingerprint density at radius 2 is 0.821 bits per heavy atom. The molecule has 18 heteroatoms. The largest absolute Gasteiger partial charge is 0.573 e. The van der Waals surface area contributed by atoms with Gasteiger partial charge in [0.15, 0.2) is 0 Å². The fraction of sp³-hybridized carbons (Fsp3) is 0.0816. The Morgan fingerprint density at radius 1 is 0.507 bits per heavy atom. The molecule has 0 bridgehead atoms. The van der Waals surface area contributed by atoms with Crippen molar-refractivity contribution in [2.45, 2.75) is 27.1 Å². The van der Waals surface area contributed by atoms with Crippen molar-refractivity contribution in [1.29, 1.82) is 0 Å². The third kappa shape index (κ3) is 10.8. The van der Waals surface area contributed by atoms with E-state index in [9.17, 15) is 31.9 Å². The number of rotatable bonds is 7. The first-order chi connectivity index (χ1) is 31.9. The van der Waals surface area contributed by atoms with Crippen molar-refractivity contribution in [3.63, 3.8) is 0 Å². The van der Waals surface area contributed by atoms with Crippen LogP contribution in [0.25, 0.3) is 66.1 Å². The molecular weight excluding hydrogens is 890 g/mol. The molecule has 336 valence electrons. The van der Waals surface area contributed by atoms with Crippen LogP contribution in [0.2, 0.25) is 5.02 Å². The average molecular weight is 926 g/mol. The molecule has 0 aliphatic carbocycles. The molecule has 0 saturated heterocycles. The van der Waals surface area contributed by atoms with Gasteiger partial charge in [0.2, 0.25) is 0 Å². The van der Waals surface area contributed by atoms with E-state index in [2.05, 4.69) is 34.6 Å². The van der Waals surface area contributed by atoms with Crippen molar-refractivity contribution in [3.05, 3.63) is 173 Å². The van der Waals surface area contributed by atoms with Gasteiger partial charge in [-0.3, -0.25) is 29.3 Å². The molecule has 0 aliphatic heterocycles. The van der Waals surface area contributed by atoms with Gasteiger partial charge in [-0.1, -0.05) is 48.0 Å². The molecule has 3 amide bonds. The monoisotopic (exact) mass is 925 g/mol. The second-order valence-corrected chi connectivity index (χ2v) is 15.4. The van der Waals surface area contributed by atoms with Crippen LogP contribution in [0.5, 0.6) is 5.75 Å². The Hall–Kier alpha value is -8.44. The molecule has 0 fully saturated rings. The number of hydrogen-bond donors (Lipinski definition) is 3. The fourth-order valence-corrected chi connectivity index (χ4v) is 7.21. The number of primary amides is 3. The molecule has 0 unspecified atom stereocenters. The van der Waals surface area contributed by atoms with Crippen LogP contribution in [0.15, 0.2) is 128 Å². The van der Waals surface area contributed by atoms with E-state index in [-0.39, 0.29) is 28.6 Å². The molecule has 0 aliphatic rings. The van der Waals surface area contributed by atoms with Crippen molar-refractivity contribution in [2.24, 2.45) is 17.2 Å². The minimum Gasteiger partial charge on any atom is -0.406 e. The van der Waals surface area contributed by atoms with Crippen LogP contribution in [-0.2, 0) is 0 Å². The van der Waals surface area contributed by atoms with Crippen LogP contribution in [0.3, 0.4) is 0 Å². The first-order valence-electron chi connectivity index (χ1n) is 19.9. The maximum absolute atomic E-state index is 13.0. The van der Waals surface area contributed by atoms with Gasteiger partial charge in [-0.05, 0) is 109 Å². The van der Waals surface area contributed by atoms with Crippen LogP contribution in [0.4, 0.5) is 17.6 Å². The molecule has 6 heterocycles. The molecular formula is C49H36ClF4N9O4. The molecule has 6 N–H and O–H groups in total. The summed E-state index contributed by atoms with van der Waals surface area (Å²) in [4.78, 5) is 60.1. The van der Waals surface area contributed by atoms with Gasteiger partial charge >= 0.3 is 6.36 Å². The van der Waals surface area contributed by atoms with Crippen LogP contribution in [-0.4, -0.2) is 54.0 Å². The first kappa shape index (κ1) is 46.5. The van der Waals surface area contributed by atoms with E-state index in [0.717, 1.165) is 38.6 Å². The summed E-state index contributed by atoms with van der Waals surface area (Å²) in [5, 5.41) is 3.02. The maximum atomic E-state index is 13.0. The van der Waals surface area contributed by atoms with Gasteiger partial charge in [0.25, 0.3) is 17.7 Å². The second kappa shape index (κ2) is 19.3. The lowest BCUT2D eigenvalue weighted by Gasteiger charge is -2.11. The van der Waals surface area contributed by atoms with Gasteiger partial charge in [0, 0.05) is 75.1 Å². The lowest BCUT2D eigenvalue weighted by Crippen LogP contribution is -2.16. The molecule has 9 rings (SSSR count). The molecule has 0 radical (unpaired) electrons. The number of nitrogens with two attached hydrogens (primary N) is 3. The van der Waals surface area contributed by atoms with Crippen molar-refractivity contribution >= 4 is 62.0 Å². The highest BCUT2D eigenvalue weighted by Gasteiger charge is 2.31. The Morgan fingerprint density at radius 3 is 1.13 bits per heavy atom. The normalized spacial score (nSPS) is 11.0. The molecule has 9 aromatic rings. The number of carbonyl (C=O) groups is 3. The SMILES string of the molecule is Cc1cc2cncc(-c3ccc(Cl)cc3)c2nc1C(N)=O.Cc1cc2cncc(-c3ccc(F)cc3)c2nc1C(N)=O.Cc1cc2cncc(-c3ccc(OC(F)(F)F)cc3)c2nc1C(N)=O. The van der Waals surface area contributed by atoms with Crippen LogP contribution in [0, 0.1) is 26.6 Å². The zero-order valence-electron chi connectivity index (χ0n) is 35.6. The molecule has 6 aromatic heterocycles. The quantitative estimate of drug-likeness (QED) is 0.129. The number of benzene rings is 3. The minimum absolute atomic E-state index is 0.136. The van der Waals surface area contributed by atoms with Gasteiger partial charge in [-0.25, -0.2) is 19.3 Å². The number of nitrogens with zero attached hydrogens (tertiary/aromatic N) is 6. The lowest BCUT2D eigenvalue weighted by molar-refractivity contribution is -0.274. The lowest BCUT2D eigenvalue weighted by atomic mass is 10.0. The number of aryl methyl sites for hydroxylation is 3. The van der Waals surface area contributed by atoms with Crippen molar-refractivity contribution in [2.75, 3.05) is 0 Å². The van der Waals surface area contributed by atoms with E-state index in [4.69, 9.17) is 28.8 Å². The Bertz CT molecular complexity index is 3210. The van der Waals surface area contributed by atoms with E-state index in [1.807, 2.05) is 31.2 Å².